The monoisotopic (exact) mass is 291 g/mol. The van der Waals surface area contributed by atoms with Gasteiger partial charge in [0.15, 0.2) is 0 Å². The van der Waals surface area contributed by atoms with Crippen LogP contribution in [0, 0.1) is 0 Å². The Kier molecular flexibility index (Phi) is 3.90. The van der Waals surface area contributed by atoms with E-state index in [0.29, 0.717) is 6.61 Å². The van der Waals surface area contributed by atoms with Gasteiger partial charge in [-0.15, -0.1) is 0 Å². The molecule has 1 atom stereocenters. The van der Waals surface area contributed by atoms with E-state index < -0.39 is 6.61 Å². The quantitative estimate of drug-likeness (QED) is 0.907. The van der Waals surface area contributed by atoms with Crippen LogP contribution in [0.5, 0.6) is 11.5 Å². The molecule has 3 nitrogen and oxygen atoms in total. The number of hydrogen-bond acceptors (Lipinski definition) is 3. The van der Waals surface area contributed by atoms with Crippen LogP contribution in [0.3, 0.4) is 0 Å². The van der Waals surface area contributed by atoms with E-state index in [0.717, 1.165) is 18.0 Å². The SMILES string of the molecule is FC(F)Oc1ccc(NCC2COc3ccccc32)cc1. The minimum absolute atomic E-state index is 0.157. The smallest absolute Gasteiger partial charge is 0.387 e. The minimum atomic E-state index is -2.80. The Bertz CT molecular complexity index is 601. The van der Waals surface area contributed by atoms with Gasteiger partial charge < -0.3 is 14.8 Å². The first-order valence-electron chi connectivity index (χ1n) is 6.73. The molecule has 0 aliphatic carbocycles. The lowest BCUT2D eigenvalue weighted by Gasteiger charge is -2.12. The van der Waals surface area contributed by atoms with E-state index in [-0.39, 0.29) is 11.7 Å². The van der Waals surface area contributed by atoms with Gasteiger partial charge in [-0.1, -0.05) is 18.2 Å². The van der Waals surface area contributed by atoms with Gasteiger partial charge in [-0.05, 0) is 30.3 Å². The van der Waals surface area contributed by atoms with E-state index in [9.17, 15) is 8.78 Å². The van der Waals surface area contributed by atoms with Gasteiger partial charge in [0.25, 0.3) is 0 Å². The molecule has 2 aromatic carbocycles. The lowest BCUT2D eigenvalue weighted by Crippen LogP contribution is -2.13. The van der Waals surface area contributed by atoms with E-state index >= 15 is 0 Å². The fourth-order valence-corrected chi connectivity index (χ4v) is 2.39. The summed E-state index contributed by atoms with van der Waals surface area (Å²) in [7, 11) is 0. The Balaban J connectivity index is 1.59. The number of halogens is 2. The molecule has 1 N–H and O–H groups in total. The molecular weight excluding hydrogens is 276 g/mol. The van der Waals surface area contributed by atoms with Crippen molar-refractivity contribution in [3.05, 3.63) is 54.1 Å². The number of nitrogens with one attached hydrogen (secondary N) is 1. The average Bonchev–Trinajstić information content (AvgIpc) is 2.89. The maximum atomic E-state index is 12.1. The number of hydrogen-bond donors (Lipinski definition) is 1. The van der Waals surface area contributed by atoms with Gasteiger partial charge in [0.1, 0.15) is 11.5 Å². The highest BCUT2D eigenvalue weighted by molar-refractivity contribution is 5.48. The van der Waals surface area contributed by atoms with E-state index in [1.165, 1.54) is 17.7 Å². The second-order valence-corrected chi connectivity index (χ2v) is 4.83. The van der Waals surface area contributed by atoms with Gasteiger partial charge in [-0.25, -0.2) is 0 Å². The van der Waals surface area contributed by atoms with Crippen molar-refractivity contribution in [2.45, 2.75) is 12.5 Å². The van der Waals surface area contributed by atoms with Crippen molar-refractivity contribution in [1.29, 1.82) is 0 Å². The maximum absolute atomic E-state index is 12.1. The zero-order chi connectivity index (χ0) is 14.7. The second-order valence-electron chi connectivity index (χ2n) is 4.83. The summed E-state index contributed by atoms with van der Waals surface area (Å²) >= 11 is 0. The fraction of sp³-hybridized carbons (Fsp3) is 0.250. The molecular formula is C16H15F2NO2. The molecule has 21 heavy (non-hydrogen) atoms. The normalized spacial score (nSPS) is 16.4. The summed E-state index contributed by atoms with van der Waals surface area (Å²) in [6.07, 6.45) is 0. The van der Waals surface area contributed by atoms with Crippen molar-refractivity contribution in [3.8, 4) is 11.5 Å². The van der Waals surface area contributed by atoms with Crippen LogP contribution in [-0.2, 0) is 0 Å². The molecule has 1 aliphatic rings. The highest BCUT2D eigenvalue weighted by atomic mass is 19.3. The molecule has 0 aromatic heterocycles. The Morgan fingerprint density at radius 1 is 1.14 bits per heavy atom. The van der Waals surface area contributed by atoms with Crippen LogP contribution in [0.25, 0.3) is 0 Å². The Morgan fingerprint density at radius 2 is 1.90 bits per heavy atom. The van der Waals surface area contributed by atoms with Gasteiger partial charge in [-0.2, -0.15) is 8.78 Å². The Hall–Kier alpha value is -2.30. The molecule has 5 heteroatoms. The third-order valence-electron chi connectivity index (χ3n) is 3.43. The average molecular weight is 291 g/mol. The second kappa shape index (κ2) is 5.99. The zero-order valence-electron chi connectivity index (χ0n) is 11.3. The first kappa shape index (κ1) is 13.7. The molecule has 0 fully saturated rings. The molecule has 1 heterocycles. The van der Waals surface area contributed by atoms with Gasteiger partial charge in [0.05, 0.1) is 6.61 Å². The van der Waals surface area contributed by atoms with Gasteiger partial charge in [-0.3, -0.25) is 0 Å². The number of anilines is 1. The third kappa shape index (κ3) is 3.24. The topological polar surface area (TPSA) is 30.5 Å². The van der Waals surface area contributed by atoms with Crippen molar-refractivity contribution in [2.24, 2.45) is 0 Å². The summed E-state index contributed by atoms with van der Waals surface area (Å²) in [4.78, 5) is 0. The van der Waals surface area contributed by atoms with Crippen LogP contribution in [0.4, 0.5) is 14.5 Å². The van der Waals surface area contributed by atoms with Crippen molar-refractivity contribution in [3.63, 3.8) is 0 Å². The molecule has 0 saturated carbocycles. The van der Waals surface area contributed by atoms with Crippen LogP contribution in [0.1, 0.15) is 11.5 Å². The van der Waals surface area contributed by atoms with Crippen molar-refractivity contribution >= 4 is 5.69 Å². The molecule has 2 aromatic rings. The van der Waals surface area contributed by atoms with E-state index in [4.69, 9.17) is 4.74 Å². The van der Waals surface area contributed by atoms with Crippen LogP contribution in [-0.4, -0.2) is 19.8 Å². The van der Waals surface area contributed by atoms with Crippen molar-refractivity contribution in [1.82, 2.24) is 0 Å². The number of fused-ring (bicyclic) bond motifs is 1. The number of rotatable bonds is 5. The fourth-order valence-electron chi connectivity index (χ4n) is 2.39. The van der Waals surface area contributed by atoms with E-state index in [1.54, 1.807) is 12.1 Å². The number of para-hydroxylation sites is 1. The predicted molar refractivity (Wildman–Crippen MR) is 76.2 cm³/mol. The molecule has 110 valence electrons. The summed E-state index contributed by atoms with van der Waals surface area (Å²) in [5, 5.41) is 3.28. The number of alkyl halides is 2. The minimum Gasteiger partial charge on any atom is -0.493 e. The van der Waals surface area contributed by atoms with Crippen molar-refractivity contribution in [2.75, 3.05) is 18.5 Å². The largest absolute Gasteiger partial charge is 0.493 e. The molecule has 0 radical (unpaired) electrons. The van der Waals surface area contributed by atoms with Gasteiger partial charge in [0.2, 0.25) is 0 Å². The molecule has 0 saturated heterocycles. The summed E-state index contributed by atoms with van der Waals surface area (Å²) < 4.78 is 34.1. The molecule has 3 rings (SSSR count). The van der Waals surface area contributed by atoms with Crippen LogP contribution in [0.2, 0.25) is 0 Å². The first-order chi connectivity index (χ1) is 10.2. The molecule has 1 aliphatic heterocycles. The number of benzene rings is 2. The van der Waals surface area contributed by atoms with Gasteiger partial charge in [0, 0.05) is 23.7 Å². The third-order valence-corrected chi connectivity index (χ3v) is 3.43. The lowest BCUT2D eigenvalue weighted by atomic mass is 10.0. The standard InChI is InChI=1S/C16H15F2NO2/c17-16(18)21-13-7-5-12(6-8-13)19-9-11-10-20-15-4-2-1-3-14(11)15/h1-8,11,16,19H,9-10H2. The van der Waals surface area contributed by atoms with Crippen molar-refractivity contribution < 1.29 is 18.3 Å². The lowest BCUT2D eigenvalue weighted by molar-refractivity contribution is -0.0498. The highest BCUT2D eigenvalue weighted by Crippen LogP contribution is 2.33. The number of ether oxygens (including phenoxy) is 2. The maximum Gasteiger partial charge on any atom is 0.387 e. The zero-order valence-corrected chi connectivity index (χ0v) is 11.3. The van der Waals surface area contributed by atoms with Gasteiger partial charge >= 0.3 is 6.61 Å². The highest BCUT2D eigenvalue weighted by Gasteiger charge is 2.23. The van der Waals surface area contributed by atoms with Crippen LogP contribution < -0.4 is 14.8 Å². The molecule has 0 spiro atoms. The summed E-state index contributed by atoms with van der Waals surface area (Å²) in [5.41, 5.74) is 2.06. The van der Waals surface area contributed by atoms with Crippen LogP contribution in [0.15, 0.2) is 48.5 Å². The Labute approximate surface area is 121 Å². The first-order valence-corrected chi connectivity index (χ1v) is 6.73. The Morgan fingerprint density at radius 3 is 2.67 bits per heavy atom. The predicted octanol–water partition coefficient (Wildman–Crippen LogP) is 3.88. The summed E-state index contributed by atoms with van der Waals surface area (Å²) in [6, 6.07) is 14.5. The molecule has 0 bridgehead atoms. The summed E-state index contributed by atoms with van der Waals surface area (Å²) in [5.74, 6) is 1.38. The van der Waals surface area contributed by atoms with Crippen LogP contribution >= 0.6 is 0 Å². The molecule has 0 amide bonds. The van der Waals surface area contributed by atoms with E-state index in [1.807, 2.05) is 18.2 Å². The summed E-state index contributed by atoms with van der Waals surface area (Å²) in [6.45, 7) is -1.42. The van der Waals surface area contributed by atoms with E-state index in [2.05, 4.69) is 16.1 Å². The molecule has 1 unspecified atom stereocenters.